The van der Waals surface area contributed by atoms with E-state index < -0.39 is 33.7 Å². The fraction of sp³-hybridized carbons (Fsp3) is 0.958. The zero-order chi connectivity index (χ0) is 41.1. The predicted octanol–water partition coefficient (Wildman–Crippen LogP) is 15.4. The number of rotatable bonds is 46. The quantitative estimate of drug-likeness (QED) is 0.0370. The molecule has 0 aromatic carbocycles. The molecule has 1 unspecified atom stereocenters. The van der Waals surface area contributed by atoms with E-state index in [4.69, 9.17) is 9.47 Å². The van der Waals surface area contributed by atoms with Gasteiger partial charge in [-0.1, -0.05) is 258 Å². The summed E-state index contributed by atoms with van der Waals surface area (Å²) in [5.74, 6) is -1.89. The van der Waals surface area contributed by atoms with Gasteiger partial charge in [0.15, 0.2) is 5.25 Å². The molecule has 1 atom stereocenters. The molecule has 0 bridgehead atoms. The summed E-state index contributed by atoms with van der Waals surface area (Å²) in [5, 5.41) is -1.94. The normalized spacial score (nSPS) is 12.3. The van der Waals surface area contributed by atoms with Crippen LogP contribution in [0.1, 0.15) is 277 Å². The fourth-order valence-corrected chi connectivity index (χ4v) is 8.34. The van der Waals surface area contributed by atoms with Crippen molar-refractivity contribution < 1.29 is 32.0 Å². The lowest BCUT2D eigenvalue weighted by molar-refractivity contribution is -0.150. The van der Waals surface area contributed by atoms with Gasteiger partial charge in [0.05, 0.1) is 19.6 Å². The van der Waals surface area contributed by atoms with Crippen molar-refractivity contribution in [2.45, 2.75) is 282 Å². The average Bonchev–Trinajstić information content (AvgIpc) is 3.17. The van der Waals surface area contributed by atoms with Crippen LogP contribution in [-0.2, 0) is 29.2 Å². The molecular formula is C48H94O7S. The molecule has 8 heteroatoms. The summed E-state index contributed by atoms with van der Waals surface area (Å²) in [6, 6.07) is 0. The highest BCUT2D eigenvalue weighted by molar-refractivity contribution is 7.87. The van der Waals surface area contributed by atoms with E-state index in [0.29, 0.717) is 12.8 Å². The minimum absolute atomic E-state index is 0.0816. The second kappa shape index (κ2) is 43.4. The molecule has 56 heavy (non-hydrogen) atoms. The van der Waals surface area contributed by atoms with Crippen LogP contribution in [0.2, 0.25) is 0 Å². The second-order valence-corrected chi connectivity index (χ2v) is 18.6. The van der Waals surface area contributed by atoms with Crippen molar-refractivity contribution in [1.82, 2.24) is 0 Å². The van der Waals surface area contributed by atoms with Crippen LogP contribution in [0.3, 0.4) is 0 Å². The number of hydrogen-bond acceptors (Lipinski definition) is 6. The van der Waals surface area contributed by atoms with Crippen LogP contribution in [0.15, 0.2) is 0 Å². The lowest BCUT2D eigenvalue weighted by Gasteiger charge is -2.13. The molecule has 334 valence electrons. The monoisotopic (exact) mass is 815 g/mol. The summed E-state index contributed by atoms with van der Waals surface area (Å²) in [4.78, 5) is 24.7. The molecule has 0 aliphatic heterocycles. The van der Waals surface area contributed by atoms with Crippen LogP contribution in [0.4, 0.5) is 0 Å². The van der Waals surface area contributed by atoms with Crippen LogP contribution in [0.5, 0.6) is 0 Å². The van der Waals surface area contributed by atoms with Gasteiger partial charge in [-0.05, 0) is 12.8 Å². The predicted molar refractivity (Wildman–Crippen MR) is 238 cm³/mol. The summed E-state index contributed by atoms with van der Waals surface area (Å²) >= 11 is 0. The maximum absolute atomic E-state index is 12.4. The van der Waals surface area contributed by atoms with Gasteiger partial charge in [-0.3, -0.25) is 14.1 Å². The van der Waals surface area contributed by atoms with E-state index in [1.165, 1.54) is 212 Å². The Balaban J connectivity index is 3.63. The second-order valence-electron chi connectivity index (χ2n) is 17.0. The molecule has 0 heterocycles. The zero-order valence-electron chi connectivity index (χ0n) is 37.3. The van der Waals surface area contributed by atoms with Crippen molar-refractivity contribution in [2.24, 2.45) is 0 Å². The van der Waals surface area contributed by atoms with Crippen LogP contribution in [-0.4, -0.2) is 43.4 Å². The molecule has 0 amide bonds. The van der Waals surface area contributed by atoms with E-state index in [-0.39, 0.29) is 13.2 Å². The third-order valence-corrected chi connectivity index (χ3v) is 12.6. The average molecular weight is 815 g/mol. The fourth-order valence-electron chi connectivity index (χ4n) is 7.69. The lowest BCUT2D eigenvalue weighted by atomic mass is 10.0. The Morgan fingerprint density at radius 3 is 0.821 bits per heavy atom. The Morgan fingerprint density at radius 2 is 0.589 bits per heavy atom. The van der Waals surface area contributed by atoms with E-state index in [9.17, 15) is 22.6 Å². The maximum atomic E-state index is 12.4. The summed E-state index contributed by atoms with van der Waals surface area (Å²) in [6.45, 7) is 4.82. The van der Waals surface area contributed by atoms with Crippen molar-refractivity contribution >= 4 is 22.1 Å². The number of hydrogen-bond donors (Lipinski definition) is 1. The van der Waals surface area contributed by atoms with E-state index in [2.05, 4.69) is 13.8 Å². The topological polar surface area (TPSA) is 107 Å². The highest BCUT2D eigenvalue weighted by atomic mass is 32.2. The van der Waals surface area contributed by atoms with Gasteiger partial charge in [-0.15, -0.1) is 0 Å². The molecule has 0 saturated carbocycles. The van der Waals surface area contributed by atoms with Gasteiger partial charge < -0.3 is 9.47 Å². The SMILES string of the molecule is CCCCCCCCCCCCCCCCCCCCCCOC(=O)CC(C(=O)OCCCCCCCCCCCCCCCCCCCCCC)S(=O)(=O)O. The number of ether oxygens (including phenoxy) is 2. The van der Waals surface area contributed by atoms with Gasteiger partial charge in [-0.2, -0.15) is 8.42 Å². The highest BCUT2D eigenvalue weighted by Crippen LogP contribution is 2.17. The molecule has 0 rings (SSSR count). The molecule has 0 aromatic rings. The maximum Gasteiger partial charge on any atom is 0.327 e. The van der Waals surface area contributed by atoms with Crippen molar-refractivity contribution in [3.63, 3.8) is 0 Å². The van der Waals surface area contributed by atoms with Gasteiger partial charge in [0.2, 0.25) is 0 Å². The van der Waals surface area contributed by atoms with Crippen molar-refractivity contribution in [3.8, 4) is 0 Å². The number of esters is 2. The smallest absolute Gasteiger partial charge is 0.327 e. The summed E-state index contributed by atoms with van der Waals surface area (Å²) in [5.41, 5.74) is 0. The molecule has 0 aliphatic carbocycles. The van der Waals surface area contributed by atoms with Gasteiger partial charge in [-0.25, -0.2) is 0 Å². The van der Waals surface area contributed by atoms with Gasteiger partial charge in [0, 0.05) is 0 Å². The van der Waals surface area contributed by atoms with E-state index in [1.54, 1.807) is 0 Å². The summed E-state index contributed by atoms with van der Waals surface area (Å²) in [7, 11) is -4.78. The van der Waals surface area contributed by atoms with Crippen LogP contribution in [0.25, 0.3) is 0 Å². The van der Waals surface area contributed by atoms with Crippen LogP contribution in [0, 0.1) is 0 Å². The molecule has 7 nitrogen and oxygen atoms in total. The third-order valence-electron chi connectivity index (χ3n) is 11.5. The number of carbonyl (C=O) groups is 2. The number of carbonyl (C=O) groups excluding carboxylic acids is 2. The van der Waals surface area contributed by atoms with E-state index in [0.717, 1.165) is 32.1 Å². The molecular weight excluding hydrogens is 721 g/mol. The van der Waals surface area contributed by atoms with Crippen molar-refractivity contribution in [3.05, 3.63) is 0 Å². The first-order chi connectivity index (χ1) is 27.3. The first-order valence-electron chi connectivity index (χ1n) is 24.6. The Hall–Kier alpha value is -1.15. The highest BCUT2D eigenvalue weighted by Gasteiger charge is 2.35. The molecule has 0 spiro atoms. The standard InChI is InChI=1S/C48H94O7S/c1-3-5-7-9-11-13-15-17-19-21-23-25-27-29-31-33-35-37-39-41-43-54-47(49)45-46(56(51,52)53)48(50)55-44-42-40-38-36-34-32-30-28-26-24-22-20-18-16-14-12-10-8-6-4-2/h46H,3-45H2,1-2H3,(H,51,52,53). The Kier molecular flexibility index (Phi) is 42.5. The van der Waals surface area contributed by atoms with E-state index in [1.807, 2.05) is 0 Å². The van der Waals surface area contributed by atoms with Gasteiger partial charge in [0.25, 0.3) is 10.1 Å². The summed E-state index contributed by atoms with van der Waals surface area (Å²) < 4.78 is 43.6. The largest absolute Gasteiger partial charge is 0.466 e. The molecule has 0 saturated heterocycles. The minimum atomic E-state index is -4.78. The molecule has 0 aliphatic rings. The Bertz CT molecular complexity index is 938. The Morgan fingerprint density at radius 1 is 0.375 bits per heavy atom. The van der Waals surface area contributed by atoms with E-state index >= 15 is 0 Å². The third kappa shape index (κ3) is 41.0. The molecule has 0 aromatic heterocycles. The minimum Gasteiger partial charge on any atom is -0.466 e. The molecule has 0 radical (unpaired) electrons. The number of unbranched alkanes of at least 4 members (excludes halogenated alkanes) is 38. The Labute approximate surface area is 348 Å². The molecule has 0 fully saturated rings. The first kappa shape index (κ1) is 54.9. The van der Waals surface area contributed by atoms with Crippen molar-refractivity contribution in [2.75, 3.05) is 13.2 Å². The van der Waals surface area contributed by atoms with Crippen LogP contribution >= 0.6 is 0 Å². The van der Waals surface area contributed by atoms with Gasteiger partial charge in [0.1, 0.15) is 0 Å². The zero-order valence-corrected chi connectivity index (χ0v) is 38.1. The summed E-state index contributed by atoms with van der Waals surface area (Å²) in [6.07, 6.45) is 50.6. The van der Waals surface area contributed by atoms with Crippen LogP contribution < -0.4 is 0 Å². The molecule has 1 N–H and O–H groups in total. The van der Waals surface area contributed by atoms with Crippen molar-refractivity contribution in [1.29, 1.82) is 0 Å². The first-order valence-corrected chi connectivity index (χ1v) is 26.1. The lowest BCUT2D eigenvalue weighted by Crippen LogP contribution is -2.34. The van der Waals surface area contributed by atoms with Gasteiger partial charge >= 0.3 is 11.9 Å².